The number of carbonyl (C=O) groups excluding carboxylic acids is 1. The van der Waals surface area contributed by atoms with Gasteiger partial charge in [-0.1, -0.05) is 49.3 Å². The Morgan fingerprint density at radius 1 is 1.29 bits per heavy atom. The molecule has 3 N–H and O–H groups in total. The van der Waals surface area contributed by atoms with Crippen LogP contribution in [0.1, 0.15) is 31.3 Å². The molecule has 1 amide bonds. The molecule has 0 bridgehead atoms. The molecule has 1 heterocycles. The molecule has 0 aliphatic heterocycles. The van der Waals surface area contributed by atoms with E-state index in [2.05, 4.69) is 15.5 Å². The van der Waals surface area contributed by atoms with Crippen molar-refractivity contribution in [2.24, 2.45) is 11.7 Å². The molecule has 0 spiro atoms. The van der Waals surface area contributed by atoms with Crippen LogP contribution in [0.5, 0.6) is 0 Å². The van der Waals surface area contributed by atoms with Crippen LogP contribution in [0, 0.1) is 5.92 Å². The van der Waals surface area contributed by atoms with Crippen molar-refractivity contribution in [2.45, 2.75) is 36.2 Å². The van der Waals surface area contributed by atoms with Crippen molar-refractivity contribution in [3.05, 3.63) is 47.1 Å². The summed E-state index contributed by atoms with van der Waals surface area (Å²) in [6.45, 7) is 6.30. The molecule has 24 heavy (non-hydrogen) atoms. The minimum Gasteiger partial charge on any atom is -0.344 e. The molecule has 1 unspecified atom stereocenters. The molecule has 0 saturated heterocycles. The lowest BCUT2D eigenvalue weighted by atomic mass is 9.88. The third-order valence-corrected chi connectivity index (χ3v) is 5.47. The molecular formula is C17H21ClN4OS. The van der Waals surface area contributed by atoms with E-state index in [4.69, 9.17) is 17.3 Å². The second-order valence-electron chi connectivity index (χ2n) is 6.02. The Morgan fingerprint density at radius 2 is 2.00 bits per heavy atom. The first-order chi connectivity index (χ1) is 11.4. The van der Waals surface area contributed by atoms with E-state index in [-0.39, 0.29) is 17.5 Å². The van der Waals surface area contributed by atoms with Crippen molar-refractivity contribution in [1.29, 1.82) is 0 Å². The summed E-state index contributed by atoms with van der Waals surface area (Å²) in [6, 6.07) is 10.9. The maximum atomic E-state index is 12.4. The van der Waals surface area contributed by atoms with Crippen LogP contribution in [0.15, 0.2) is 46.3 Å². The van der Waals surface area contributed by atoms with Crippen LogP contribution in [0.3, 0.4) is 0 Å². The molecule has 5 nitrogen and oxygen atoms in total. The third kappa shape index (κ3) is 4.47. The Kier molecular flexibility index (Phi) is 6.21. The second kappa shape index (κ2) is 7.96. The Bertz CT molecular complexity index is 708. The van der Waals surface area contributed by atoms with E-state index >= 15 is 0 Å². The zero-order chi connectivity index (χ0) is 17.7. The molecule has 0 aliphatic carbocycles. The predicted molar refractivity (Wildman–Crippen MR) is 97.4 cm³/mol. The molecular weight excluding hydrogens is 344 g/mol. The number of carbonyl (C=O) groups is 1. The standard InChI is InChI=1S/C17H21ClN4OS/c1-11(2)17(3,10-19)20-16(23)13-8-9-15(22-21-13)24-14-7-5-4-6-12(14)18/h4-9,11H,10,19H2,1-3H3,(H,20,23). The van der Waals surface area contributed by atoms with E-state index in [0.717, 1.165) is 4.90 Å². The first kappa shape index (κ1) is 18.7. The van der Waals surface area contributed by atoms with Gasteiger partial charge in [-0.05, 0) is 37.1 Å². The quantitative estimate of drug-likeness (QED) is 0.821. The maximum Gasteiger partial charge on any atom is 0.272 e. The van der Waals surface area contributed by atoms with Crippen molar-refractivity contribution in [1.82, 2.24) is 15.5 Å². The summed E-state index contributed by atoms with van der Waals surface area (Å²) in [5, 5.41) is 12.4. The van der Waals surface area contributed by atoms with Crippen molar-refractivity contribution < 1.29 is 4.79 Å². The zero-order valence-electron chi connectivity index (χ0n) is 13.9. The van der Waals surface area contributed by atoms with E-state index in [9.17, 15) is 4.79 Å². The van der Waals surface area contributed by atoms with Gasteiger partial charge in [0.1, 0.15) is 5.03 Å². The van der Waals surface area contributed by atoms with E-state index in [1.165, 1.54) is 11.8 Å². The van der Waals surface area contributed by atoms with Crippen LogP contribution < -0.4 is 11.1 Å². The fourth-order valence-corrected chi connectivity index (χ4v) is 2.90. The lowest BCUT2D eigenvalue weighted by Gasteiger charge is -2.33. The van der Waals surface area contributed by atoms with E-state index in [1.807, 2.05) is 45.0 Å². The molecule has 128 valence electrons. The van der Waals surface area contributed by atoms with Gasteiger partial charge in [-0.2, -0.15) is 0 Å². The van der Waals surface area contributed by atoms with E-state index in [0.29, 0.717) is 16.6 Å². The summed E-state index contributed by atoms with van der Waals surface area (Å²) < 4.78 is 0. The highest BCUT2D eigenvalue weighted by molar-refractivity contribution is 7.99. The number of nitrogens with zero attached hydrogens (tertiary/aromatic N) is 2. The van der Waals surface area contributed by atoms with Crippen molar-refractivity contribution in [2.75, 3.05) is 6.54 Å². The minimum atomic E-state index is -0.482. The van der Waals surface area contributed by atoms with Gasteiger partial charge in [-0.25, -0.2) is 0 Å². The van der Waals surface area contributed by atoms with E-state index < -0.39 is 5.54 Å². The van der Waals surface area contributed by atoms with Gasteiger partial charge < -0.3 is 11.1 Å². The van der Waals surface area contributed by atoms with Gasteiger partial charge in [0, 0.05) is 11.4 Å². The lowest BCUT2D eigenvalue weighted by Crippen LogP contribution is -2.55. The average Bonchev–Trinajstić information content (AvgIpc) is 2.57. The summed E-state index contributed by atoms with van der Waals surface area (Å²) in [4.78, 5) is 13.2. The van der Waals surface area contributed by atoms with Gasteiger partial charge in [0.25, 0.3) is 5.91 Å². The number of hydrogen-bond donors (Lipinski definition) is 2. The SMILES string of the molecule is CC(C)C(C)(CN)NC(=O)c1ccc(Sc2ccccc2Cl)nn1. The van der Waals surface area contributed by atoms with Crippen LogP contribution in [0.4, 0.5) is 0 Å². The van der Waals surface area contributed by atoms with Gasteiger partial charge in [0.05, 0.1) is 10.6 Å². The first-order valence-corrected chi connectivity index (χ1v) is 8.84. The Morgan fingerprint density at radius 3 is 2.54 bits per heavy atom. The first-order valence-electron chi connectivity index (χ1n) is 7.64. The summed E-state index contributed by atoms with van der Waals surface area (Å²) in [6.07, 6.45) is 0. The molecule has 0 saturated carbocycles. The van der Waals surface area contributed by atoms with Crippen LogP contribution in [-0.4, -0.2) is 28.2 Å². The number of nitrogens with two attached hydrogens (primary N) is 1. The highest BCUT2D eigenvalue weighted by Crippen LogP contribution is 2.31. The molecule has 2 rings (SSSR count). The molecule has 0 aliphatic rings. The fourth-order valence-electron chi connectivity index (χ4n) is 1.89. The Hall–Kier alpha value is -1.63. The number of halogens is 1. The molecule has 0 fully saturated rings. The molecule has 2 aromatic rings. The number of amides is 1. The zero-order valence-corrected chi connectivity index (χ0v) is 15.5. The smallest absolute Gasteiger partial charge is 0.272 e. The van der Waals surface area contributed by atoms with Gasteiger partial charge >= 0.3 is 0 Å². The van der Waals surface area contributed by atoms with Gasteiger partial charge in [0.2, 0.25) is 0 Å². The fraction of sp³-hybridized carbons (Fsp3) is 0.353. The monoisotopic (exact) mass is 364 g/mol. The summed E-state index contributed by atoms with van der Waals surface area (Å²) in [5.74, 6) is -0.0760. The summed E-state index contributed by atoms with van der Waals surface area (Å²) in [7, 11) is 0. The summed E-state index contributed by atoms with van der Waals surface area (Å²) in [5.41, 5.74) is 5.57. The highest BCUT2D eigenvalue weighted by Gasteiger charge is 2.29. The molecule has 1 aromatic heterocycles. The van der Waals surface area contributed by atoms with E-state index in [1.54, 1.807) is 12.1 Å². The average molecular weight is 365 g/mol. The summed E-state index contributed by atoms with van der Waals surface area (Å²) >= 11 is 7.53. The topological polar surface area (TPSA) is 80.9 Å². The predicted octanol–water partition coefficient (Wildman–Crippen LogP) is 3.38. The van der Waals surface area contributed by atoms with Crippen LogP contribution in [-0.2, 0) is 0 Å². The largest absolute Gasteiger partial charge is 0.344 e. The Balaban J connectivity index is 2.09. The maximum absolute atomic E-state index is 12.4. The van der Waals surface area contributed by atoms with Crippen molar-refractivity contribution >= 4 is 29.3 Å². The molecule has 0 radical (unpaired) electrons. The van der Waals surface area contributed by atoms with Crippen LogP contribution in [0.2, 0.25) is 5.02 Å². The number of aromatic nitrogens is 2. The molecule has 1 aromatic carbocycles. The minimum absolute atomic E-state index is 0.203. The van der Waals surface area contributed by atoms with Gasteiger partial charge in [-0.3, -0.25) is 4.79 Å². The number of rotatable bonds is 6. The lowest BCUT2D eigenvalue weighted by molar-refractivity contribution is 0.0876. The molecule has 1 atom stereocenters. The van der Waals surface area contributed by atoms with Crippen LogP contribution >= 0.6 is 23.4 Å². The second-order valence-corrected chi connectivity index (χ2v) is 7.49. The van der Waals surface area contributed by atoms with Gasteiger partial charge in [-0.15, -0.1) is 10.2 Å². The Labute approximate surface area is 151 Å². The van der Waals surface area contributed by atoms with Crippen LogP contribution in [0.25, 0.3) is 0 Å². The van der Waals surface area contributed by atoms with Crippen molar-refractivity contribution in [3.8, 4) is 0 Å². The van der Waals surface area contributed by atoms with Gasteiger partial charge in [0.15, 0.2) is 5.69 Å². The normalized spacial score (nSPS) is 13.6. The van der Waals surface area contributed by atoms with Crippen molar-refractivity contribution in [3.63, 3.8) is 0 Å². The highest BCUT2D eigenvalue weighted by atomic mass is 35.5. The third-order valence-electron chi connectivity index (χ3n) is 4.02. The number of nitrogens with one attached hydrogen (secondary N) is 1. The number of hydrogen-bond acceptors (Lipinski definition) is 5. The number of benzene rings is 1. The molecule has 7 heteroatoms.